The van der Waals surface area contributed by atoms with E-state index in [0.717, 1.165) is 49.8 Å². The van der Waals surface area contributed by atoms with E-state index in [1.54, 1.807) is 0 Å². The van der Waals surface area contributed by atoms with E-state index in [-0.39, 0.29) is 0 Å². The number of para-hydroxylation sites is 1. The summed E-state index contributed by atoms with van der Waals surface area (Å²) in [5.74, 6) is 1.31. The second-order valence-corrected chi connectivity index (χ2v) is 5.53. The van der Waals surface area contributed by atoms with Gasteiger partial charge in [-0.3, -0.25) is 0 Å². The molecule has 2 heterocycles. The van der Waals surface area contributed by atoms with Gasteiger partial charge in [-0.1, -0.05) is 17.3 Å². The minimum Gasteiger partial charge on any atom is -0.378 e. The fraction of sp³-hybridized carbons (Fsp3) is 0.500. The predicted octanol–water partition coefficient (Wildman–Crippen LogP) is 1.72. The number of aromatic nitrogens is 2. The molecule has 1 unspecified atom stereocenters. The first-order valence-electron chi connectivity index (χ1n) is 7.70. The van der Waals surface area contributed by atoms with Gasteiger partial charge in [0.1, 0.15) is 0 Å². The van der Waals surface area contributed by atoms with Crippen LogP contribution < -0.4 is 10.2 Å². The monoisotopic (exact) mass is 302 g/mol. The molecule has 1 aromatic heterocycles. The number of rotatable bonds is 5. The van der Waals surface area contributed by atoms with Crippen molar-refractivity contribution in [2.75, 3.05) is 38.3 Å². The van der Waals surface area contributed by atoms with E-state index in [4.69, 9.17) is 9.26 Å². The third-order valence-corrected chi connectivity index (χ3v) is 3.94. The Morgan fingerprint density at radius 1 is 1.27 bits per heavy atom. The van der Waals surface area contributed by atoms with E-state index in [9.17, 15) is 0 Å². The zero-order valence-corrected chi connectivity index (χ0v) is 13.1. The van der Waals surface area contributed by atoms with Gasteiger partial charge in [0.05, 0.1) is 18.8 Å². The fourth-order valence-electron chi connectivity index (χ4n) is 2.56. The lowest BCUT2D eigenvalue weighted by atomic mass is 10.1. The predicted molar refractivity (Wildman–Crippen MR) is 85.0 cm³/mol. The summed E-state index contributed by atoms with van der Waals surface area (Å²) in [7, 11) is 1.93. The zero-order chi connectivity index (χ0) is 15.4. The van der Waals surface area contributed by atoms with Crippen molar-refractivity contribution in [2.24, 2.45) is 0 Å². The lowest BCUT2D eigenvalue weighted by Crippen LogP contribution is -2.36. The van der Waals surface area contributed by atoms with Crippen LogP contribution in [0.4, 0.5) is 5.69 Å². The highest BCUT2D eigenvalue weighted by atomic mass is 16.5. The first-order chi connectivity index (χ1) is 10.8. The van der Waals surface area contributed by atoms with E-state index in [2.05, 4.69) is 33.3 Å². The molecule has 1 fully saturated rings. The minimum absolute atomic E-state index is 0.319. The standard InChI is InChI=1S/C16H22N4O2/c1-12(17-2)11-15-18-16(22-19-15)13-5-3-4-6-14(13)20-7-9-21-10-8-20/h3-6,12,17H,7-11H2,1-2H3. The average molecular weight is 302 g/mol. The number of likely N-dealkylation sites (N-methyl/N-ethyl adjacent to an activating group) is 1. The number of nitrogens with zero attached hydrogens (tertiary/aromatic N) is 3. The Morgan fingerprint density at radius 3 is 2.82 bits per heavy atom. The molecule has 2 aromatic rings. The van der Waals surface area contributed by atoms with Gasteiger partial charge in [0.25, 0.3) is 5.89 Å². The number of hydrogen-bond acceptors (Lipinski definition) is 6. The maximum atomic E-state index is 5.48. The molecular formula is C16H22N4O2. The summed E-state index contributed by atoms with van der Waals surface area (Å²) in [4.78, 5) is 6.85. The number of benzene rings is 1. The second kappa shape index (κ2) is 6.89. The summed E-state index contributed by atoms with van der Waals surface area (Å²) in [5.41, 5.74) is 2.11. The first kappa shape index (κ1) is 15.0. The van der Waals surface area contributed by atoms with Crippen molar-refractivity contribution in [1.29, 1.82) is 0 Å². The molecule has 1 aliphatic heterocycles. The van der Waals surface area contributed by atoms with Crippen LogP contribution in [0.15, 0.2) is 28.8 Å². The highest BCUT2D eigenvalue weighted by Gasteiger charge is 2.19. The third kappa shape index (κ3) is 3.28. The highest BCUT2D eigenvalue weighted by Crippen LogP contribution is 2.30. The van der Waals surface area contributed by atoms with Crippen LogP contribution in [-0.2, 0) is 11.2 Å². The number of morpholine rings is 1. The largest absolute Gasteiger partial charge is 0.378 e. The molecule has 0 saturated carbocycles. The minimum atomic E-state index is 0.319. The first-order valence-corrected chi connectivity index (χ1v) is 7.70. The summed E-state index contributed by atoms with van der Waals surface area (Å²) in [6, 6.07) is 8.48. The van der Waals surface area contributed by atoms with Gasteiger partial charge in [0.2, 0.25) is 0 Å². The Hall–Kier alpha value is -1.92. The third-order valence-electron chi connectivity index (χ3n) is 3.94. The van der Waals surface area contributed by atoms with E-state index >= 15 is 0 Å². The van der Waals surface area contributed by atoms with Gasteiger partial charge in [-0.15, -0.1) is 0 Å². The van der Waals surface area contributed by atoms with Gasteiger partial charge in [-0.25, -0.2) is 0 Å². The van der Waals surface area contributed by atoms with Crippen molar-refractivity contribution >= 4 is 5.69 Å². The highest BCUT2D eigenvalue weighted by molar-refractivity contribution is 5.73. The molecule has 0 bridgehead atoms. The molecule has 0 radical (unpaired) electrons. The molecule has 1 aromatic carbocycles. The summed E-state index contributed by atoms with van der Waals surface area (Å²) in [6.45, 7) is 5.37. The second-order valence-electron chi connectivity index (χ2n) is 5.53. The van der Waals surface area contributed by atoms with E-state index in [0.29, 0.717) is 11.9 Å². The van der Waals surface area contributed by atoms with Crippen LogP contribution >= 0.6 is 0 Å². The van der Waals surface area contributed by atoms with Crippen molar-refractivity contribution in [3.05, 3.63) is 30.1 Å². The summed E-state index contributed by atoms with van der Waals surface area (Å²) < 4.78 is 10.9. The number of anilines is 1. The maximum absolute atomic E-state index is 5.48. The molecule has 3 rings (SSSR count). The number of hydrogen-bond donors (Lipinski definition) is 1. The van der Waals surface area contributed by atoms with Crippen LogP contribution in [0.2, 0.25) is 0 Å². The molecule has 1 atom stereocenters. The van der Waals surface area contributed by atoms with Crippen molar-refractivity contribution in [3.8, 4) is 11.5 Å². The molecule has 0 amide bonds. The van der Waals surface area contributed by atoms with Gasteiger partial charge < -0.3 is 19.5 Å². The van der Waals surface area contributed by atoms with Crippen molar-refractivity contribution in [3.63, 3.8) is 0 Å². The number of ether oxygens (including phenoxy) is 1. The molecule has 0 spiro atoms. The van der Waals surface area contributed by atoms with Crippen LogP contribution in [0.3, 0.4) is 0 Å². The normalized spacial score (nSPS) is 16.7. The molecular weight excluding hydrogens is 280 g/mol. The van der Waals surface area contributed by atoms with Crippen LogP contribution in [0.5, 0.6) is 0 Å². The molecule has 1 aliphatic rings. The van der Waals surface area contributed by atoms with Crippen LogP contribution in [0.1, 0.15) is 12.7 Å². The van der Waals surface area contributed by atoms with Crippen molar-refractivity contribution in [1.82, 2.24) is 15.5 Å². The molecule has 1 N–H and O–H groups in total. The fourth-order valence-corrected chi connectivity index (χ4v) is 2.56. The molecule has 0 aliphatic carbocycles. The lowest BCUT2D eigenvalue weighted by molar-refractivity contribution is 0.122. The van der Waals surface area contributed by atoms with Gasteiger partial charge in [0, 0.05) is 31.2 Å². The van der Waals surface area contributed by atoms with Crippen LogP contribution in [0, 0.1) is 0 Å². The molecule has 1 saturated heterocycles. The zero-order valence-electron chi connectivity index (χ0n) is 13.1. The SMILES string of the molecule is CNC(C)Cc1noc(-c2ccccc2N2CCOCC2)n1. The van der Waals surface area contributed by atoms with Crippen LogP contribution in [0.25, 0.3) is 11.5 Å². The Bertz CT molecular complexity index is 608. The lowest BCUT2D eigenvalue weighted by Gasteiger charge is -2.29. The molecule has 6 nitrogen and oxygen atoms in total. The van der Waals surface area contributed by atoms with Gasteiger partial charge in [0.15, 0.2) is 5.82 Å². The number of nitrogens with one attached hydrogen (secondary N) is 1. The van der Waals surface area contributed by atoms with Gasteiger partial charge in [-0.2, -0.15) is 4.98 Å². The van der Waals surface area contributed by atoms with Crippen molar-refractivity contribution < 1.29 is 9.26 Å². The molecule has 6 heteroatoms. The average Bonchev–Trinajstić information content (AvgIpc) is 3.04. The van der Waals surface area contributed by atoms with Crippen molar-refractivity contribution in [2.45, 2.75) is 19.4 Å². The summed E-state index contributed by atoms with van der Waals surface area (Å²) in [5, 5.41) is 7.28. The van der Waals surface area contributed by atoms with Gasteiger partial charge >= 0.3 is 0 Å². The topological polar surface area (TPSA) is 63.4 Å². The van der Waals surface area contributed by atoms with E-state index in [1.165, 1.54) is 0 Å². The summed E-state index contributed by atoms with van der Waals surface area (Å²) >= 11 is 0. The van der Waals surface area contributed by atoms with E-state index in [1.807, 2.05) is 25.2 Å². The molecule has 22 heavy (non-hydrogen) atoms. The maximum Gasteiger partial charge on any atom is 0.260 e. The summed E-state index contributed by atoms with van der Waals surface area (Å²) in [6.07, 6.45) is 0.750. The Kier molecular flexibility index (Phi) is 4.70. The quantitative estimate of drug-likeness (QED) is 0.907. The Labute approximate surface area is 130 Å². The smallest absolute Gasteiger partial charge is 0.260 e. The Morgan fingerprint density at radius 2 is 2.05 bits per heavy atom. The Balaban J connectivity index is 1.85. The van der Waals surface area contributed by atoms with Crippen LogP contribution in [-0.4, -0.2) is 49.5 Å². The van der Waals surface area contributed by atoms with Gasteiger partial charge in [-0.05, 0) is 26.1 Å². The molecule has 118 valence electrons. The van der Waals surface area contributed by atoms with E-state index < -0.39 is 0 Å².